The molecule has 3 rings (SSSR count). The van der Waals surface area contributed by atoms with Crippen molar-refractivity contribution in [3.8, 4) is 0 Å². The van der Waals surface area contributed by atoms with Gasteiger partial charge in [-0.1, -0.05) is 11.6 Å². The Balaban J connectivity index is 1.76. The molecule has 0 amide bonds. The number of rotatable bonds is 4. The molecule has 1 aliphatic heterocycles. The van der Waals surface area contributed by atoms with Crippen LogP contribution in [0.1, 0.15) is 22.8 Å². The van der Waals surface area contributed by atoms with Gasteiger partial charge in [0.05, 0.1) is 16.6 Å². The number of piperazine rings is 1. The van der Waals surface area contributed by atoms with Crippen LogP contribution in [0.4, 0.5) is 24.8 Å². The van der Waals surface area contributed by atoms with Crippen LogP contribution in [-0.4, -0.2) is 57.0 Å². The monoisotopic (exact) mass is 474 g/mol. The lowest BCUT2D eigenvalue weighted by molar-refractivity contribution is -0.137. The van der Waals surface area contributed by atoms with Crippen LogP contribution in [0.3, 0.4) is 0 Å². The van der Waals surface area contributed by atoms with Crippen LogP contribution in [0.15, 0.2) is 21.9 Å². The van der Waals surface area contributed by atoms with Gasteiger partial charge in [0.25, 0.3) is 5.56 Å². The maximum Gasteiger partial charge on any atom is 0.417 e. The van der Waals surface area contributed by atoms with E-state index in [4.69, 9.17) is 17.3 Å². The van der Waals surface area contributed by atoms with E-state index in [0.717, 1.165) is 21.4 Å². The molecule has 2 aromatic heterocycles. The van der Waals surface area contributed by atoms with E-state index in [-0.39, 0.29) is 22.2 Å². The average molecular weight is 475 g/mol. The first-order chi connectivity index (χ1) is 14.8. The number of aromatic nitrogens is 3. The number of hydrogen-bond donors (Lipinski definition) is 1. The first kappa shape index (κ1) is 23.8. The Morgan fingerprint density at radius 3 is 2.28 bits per heavy atom. The van der Waals surface area contributed by atoms with Crippen LogP contribution in [0.25, 0.3) is 0 Å². The molecule has 1 saturated heterocycles. The fourth-order valence-corrected chi connectivity index (χ4v) is 3.89. The summed E-state index contributed by atoms with van der Waals surface area (Å²) in [5.74, 6) is -0.485. The molecule has 2 aromatic rings. The number of carbonyl (C=O) groups is 1. The van der Waals surface area contributed by atoms with Gasteiger partial charge in [0.1, 0.15) is 17.2 Å². The largest absolute Gasteiger partial charge is 0.417 e. The van der Waals surface area contributed by atoms with Crippen molar-refractivity contribution in [1.82, 2.24) is 19.0 Å². The van der Waals surface area contributed by atoms with Gasteiger partial charge in [0, 0.05) is 46.5 Å². The number of alkyl halides is 3. The van der Waals surface area contributed by atoms with Crippen LogP contribution in [0, 0.1) is 0 Å². The van der Waals surface area contributed by atoms with E-state index in [0.29, 0.717) is 26.2 Å². The third-order valence-corrected chi connectivity index (χ3v) is 5.92. The van der Waals surface area contributed by atoms with E-state index in [1.807, 2.05) is 4.90 Å². The topological polar surface area (TPSA) is 106 Å². The molecule has 3 heterocycles. The van der Waals surface area contributed by atoms with Crippen molar-refractivity contribution in [1.29, 1.82) is 0 Å². The minimum atomic E-state index is -4.54. The Kier molecular flexibility index (Phi) is 6.38. The number of halogens is 4. The van der Waals surface area contributed by atoms with E-state index in [1.165, 1.54) is 14.1 Å². The first-order valence-electron chi connectivity index (χ1n) is 9.66. The second kappa shape index (κ2) is 8.58. The van der Waals surface area contributed by atoms with E-state index < -0.39 is 34.8 Å². The van der Waals surface area contributed by atoms with E-state index >= 15 is 0 Å². The van der Waals surface area contributed by atoms with Gasteiger partial charge >= 0.3 is 11.9 Å². The smallest absolute Gasteiger partial charge is 0.384 e. The number of pyridine rings is 1. The molecule has 0 aliphatic carbocycles. The molecule has 174 valence electrons. The number of nitrogens with zero attached hydrogens (tertiary/aromatic N) is 5. The van der Waals surface area contributed by atoms with Gasteiger partial charge in [-0.3, -0.25) is 23.6 Å². The Morgan fingerprint density at radius 2 is 1.75 bits per heavy atom. The summed E-state index contributed by atoms with van der Waals surface area (Å²) in [4.78, 5) is 44.9. The zero-order valence-corrected chi connectivity index (χ0v) is 18.4. The number of carbonyl (C=O) groups excluding carboxylic acids is 1. The highest BCUT2D eigenvalue weighted by Crippen LogP contribution is 2.33. The van der Waals surface area contributed by atoms with E-state index in [1.54, 1.807) is 11.8 Å². The lowest BCUT2D eigenvalue weighted by Gasteiger charge is -2.38. The third kappa shape index (κ3) is 4.24. The highest BCUT2D eigenvalue weighted by Gasteiger charge is 2.34. The summed E-state index contributed by atoms with van der Waals surface area (Å²) in [5, 5.41) is -0.112. The summed E-state index contributed by atoms with van der Waals surface area (Å²) in [6, 6.07) is 0.126. The van der Waals surface area contributed by atoms with Gasteiger partial charge in [0.15, 0.2) is 5.78 Å². The SMILES string of the molecule is CC(C(=O)c1c(N)n(C)c(=O)n(C)c1=O)N1CCN(c2ncc(C(F)(F)F)cc2Cl)CC1. The molecule has 0 saturated carbocycles. The molecule has 0 spiro atoms. The third-order valence-electron chi connectivity index (χ3n) is 5.65. The van der Waals surface area contributed by atoms with Crippen molar-refractivity contribution in [2.45, 2.75) is 19.1 Å². The van der Waals surface area contributed by atoms with E-state index in [2.05, 4.69) is 4.98 Å². The molecular weight excluding hydrogens is 453 g/mol. The molecule has 32 heavy (non-hydrogen) atoms. The van der Waals surface area contributed by atoms with Gasteiger partial charge in [-0.05, 0) is 13.0 Å². The Hall–Kier alpha value is -2.86. The van der Waals surface area contributed by atoms with Crippen molar-refractivity contribution in [2.24, 2.45) is 14.1 Å². The number of anilines is 2. The highest BCUT2D eigenvalue weighted by atomic mass is 35.5. The molecule has 0 bridgehead atoms. The molecule has 2 N–H and O–H groups in total. The van der Waals surface area contributed by atoms with Crippen molar-refractivity contribution >= 4 is 29.0 Å². The van der Waals surface area contributed by atoms with Crippen LogP contribution in [0.2, 0.25) is 5.02 Å². The molecule has 0 radical (unpaired) electrons. The fourth-order valence-electron chi connectivity index (χ4n) is 3.61. The molecule has 1 atom stereocenters. The van der Waals surface area contributed by atoms with Crippen molar-refractivity contribution in [3.05, 3.63) is 49.3 Å². The lowest BCUT2D eigenvalue weighted by atomic mass is 10.0. The van der Waals surface area contributed by atoms with Gasteiger partial charge in [-0.25, -0.2) is 9.78 Å². The van der Waals surface area contributed by atoms with Crippen LogP contribution in [0.5, 0.6) is 0 Å². The quantitative estimate of drug-likeness (QED) is 0.662. The molecule has 0 aromatic carbocycles. The highest BCUT2D eigenvalue weighted by molar-refractivity contribution is 6.33. The zero-order chi connectivity index (χ0) is 24.0. The predicted molar refractivity (Wildman–Crippen MR) is 113 cm³/mol. The van der Waals surface area contributed by atoms with Crippen molar-refractivity contribution < 1.29 is 18.0 Å². The molecule has 9 nitrogen and oxygen atoms in total. The van der Waals surface area contributed by atoms with Gasteiger partial charge in [-0.2, -0.15) is 13.2 Å². The average Bonchev–Trinajstić information content (AvgIpc) is 2.75. The zero-order valence-electron chi connectivity index (χ0n) is 17.6. The number of nitrogens with two attached hydrogens (primary N) is 1. The molecular formula is C19H22ClF3N6O3. The second-order valence-electron chi connectivity index (χ2n) is 7.56. The standard InChI is InChI=1S/C19H22ClF3N6O3/c1-10(14(30)13-15(24)26(2)18(32)27(3)17(13)31)28-4-6-29(7-5-28)16-12(20)8-11(9-25-16)19(21,22)23/h8-10H,4-7,24H2,1-3H3. The van der Waals surface area contributed by atoms with Crippen molar-refractivity contribution in [2.75, 3.05) is 36.8 Å². The number of ketones is 1. The normalized spacial score (nSPS) is 16.3. The van der Waals surface area contributed by atoms with Crippen LogP contribution in [-0.2, 0) is 20.3 Å². The Bertz CT molecular complexity index is 1170. The number of nitrogen functional groups attached to an aromatic ring is 1. The second-order valence-corrected chi connectivity index (χ2v) is 7.96. The summed E-state index contributed by atoms with van der Waals surface area (Å²) >= 11 is 6.02. The lowest BCUT2D eigenvalue weighted by Crippen LogP contribution is -2.53. The molecule has 1 unspecified atom stereocenters. The Labute approximate surface area is 185 Å². The molecule has 1 fully saturated rings. The Morgan fingerprint density at radius 1 is 1.16 bits per heavy atom. The minimum absolute atomic E-state index is 0.112. The number of Topliss-reactive ketones (excluding diaryl/α,β-unsaturated/α-hetero) is 1. The number of hydrogen-bond acceptors (Lipinski definition) is 7. The summed E-state index contributed by atoms with van der Waals surface area (Å²) in [5.41, 5.74) is 3.30. The van der Waals surface area contributed by atoms with Crippen LogP contribution < -0.4 is 21.9 Å². The maximum absolute atomic E-state index is 13.0. The summed E-state index contributed by atoms with van der Waals surface area (Å²) < 4.78 is 40.3. The first-order valence-corrected chi connectivity index (χ1v) is 10.0. The van der Waals surface area contributed by atoms with Crippen LogP contribution >= 0.6 is 11.6 Å². The molecule has 13 heteroatoms. The predicted octanol–water partition coefficient (Wildman–Crippen LogP) is 1.13. The molecule has 1 aliphatic rings. The summed E-state index contributed by atoms with van der Waals surface area (Å²) in [6.07, 6.45) is -3.80. The van der Waals surface area contributed by atoms with E-state index in [9.17, 15) is 27.6 Å². The van der Waals surface area contributed by atoms with Gasteiger partial charge in [-0.15, -0.1) is 0 Å². The van der Waals surface area contributed by atoms with Gasteiger partial charge in [0.2, 0.25) is 0 Å². The van der Waals surface area contributed by atoms with Crippen molar-refractivity contribution in [3.63, 3.8) is 0 Å². The summed E-state index contributed by atoms with van der Waals surface area (Å²) in [7, 11) is 2.64. The maximum atomic E-state index is 13.0. The van der Waals surface area contributed by atoms with Gasteiger partial charge < -0.3 is 10.6 Å². The minimum Gasteiger partial charge on any atom is -0.384 e. The fraction of sp³-hybridized carbons (Fsp3) is 0.474. The summed E-state index contributed by atoms with van der Waals surface area (Å²) in [6.45, 7) is 3.09.